The van der Waals surface area contributed by atoms with Crippen molar-refractivity contribution in [1.29, 1.82) is 0 Å². The molecule has 0 N–H and O–H groups in total. The van der Waals surface area contributed by atoms with Crippen molar-refractivity contribution in [2.75, 3.05) is 19.7 Å². The quantitative estimate of drug-likeness (QED) is 0.767. The summed E-state index contributed by atoms with van der Waals surface area (Å²) < 4.78 is 30.4. The van der Waals surface area contributed by atoms with Gasteiger partial charge in [-0.05, 0) is 32.8 Å². The monoisotopic (exact) mass is 401 g/mol. The Bertz CT molecular complexity index is 888. The predicted molar refractivity (Wildman–Crippen MR) is 103 cm³/mol. The summed E-state index contributed by atoms with van der Waals surface area (Å²) >= 11 is 0. The summed E-state index contributed by atoms with van der Waals surface area (Å²) in [6.07, 6.45) is 4.27. The fourth-order valence-corrected chi connectivity index (χ4v) is 3.70. The summed E-state index contributed by atoms with van der Waals surface area (Å²) in [6, 6.07) is 5.86. The molecule has 3 heterocycles. The molecule has 7 nitrogen and oxygen atoms in total. The number of ether oxygens (including phenoxy) is 3. The highest BCUT2D eigenvalue weighted by Crippen LogP contribution is 2.41. The molecule has 1 saturated heterocycles. The van der Waals surface area contributed by atoms with Crippen molar-refractivity contribution in [3.05, 3.63) is 42.0 Å². The van der Waals surface area contributed by atoms with Gasteiger partial charge in [-0.1, -0.05) is 12.1 Å². The van der Waals surface area contributed by atoms with E-state index >= 15 is 0 Å². The molecular weight excluding hydrogens is 377 g/mol. The number of hydrogen-bond acceptors (Lipinski definition) is 6. The summed E-state index contributed by atoms with van der Waals surface area (Å²) in [5.41, 5.74) is 0.816. The molecule has 8 heteroatoms. The van der Waals surface area contributed by atoms with Crippen molar-refractivity contribution in [3.63, 3.8) is 0 Å². The van der Waals surface area contributed by atoms with Gasteiger partial charge in [0, 0.05) is 18.5 Å². The van der Waals surface area contributed by atoms with Gasteiger partial charge >= 0.3 is 6.01 Å². The van der Waals surface area contributed by atoms with Crippen LogP contribution in [-0.4, -0.2) is 52.2 Å². The number of rotatable bonds is 5. The lowest BCUT2D eigenvalue weighted by Crippen LogP contribution is -2.46. The number of fused-ring (bicyclic) bond motifs is 1. The second-order valence-electron chi connectivity index (χ2n) is 7.98. The maximum atomic E-state index is 12.9. The number of carbonyl (C=O) groups is 1. The van der Waals surface area contributed by atoms with Gasteiger partial charge in [0.15, 0.2) is 23.9 Å². The van der Waals surface area contributed by atoms with Gasteiger partial charge in [-0.3, -0.25) is 4.79 Å². The fourth-order valence-electron chi connectivity index (χ4n) is 3.70. The number of likely N-dealkylation sites (tertiary alicyclic amines) is 1. The van der Waals surface area contributed by atoms with Crippen LogP contribution in [0, 0.1) is 5.82 Å². The molecule has 0 spiro atoms. The summed E-state index contributed by atoms with van der Waals surface area (Å²) in [5.74, 6) is 0.674. The zero-order chi connectivity index (χ0) is 20.4. The highest BCUT2D eigenvalue weighted by molar-refractivity contribution is 5.78. The van der Waals surface area contributed by atoms with Crippen LogP contribution in [0.3, 0.4) is 0 Å². The number of amides is 1. The minimum Gasteiger partial charge on any atom is -0.483 e. The number of benzene rings is 1. The van der Waals surface area contributed by atoms with Crippen molar-refractivity contribution in [3.8, 4) is 17.5 Å². The van der Waals surface area contributed by atoms with Gasteiger partial charge < -0.3 is 19.1 Å². The fraction of sp³-hybridized carbons (Fsp3) is 0.476. The Labute approximate surface area is 168 Å². The lowest BCUT2D eigenvalue weighted by atomic mass is 10.0. The van der Waals surface area contributed by atoms with E-state index in [0.29, 0.717) is 18.8 Å². The molecule has 1 fully saturated rings. The molecule has 1 amide bonds. The van der Waals surface area contributed by atoms with Gasteiger partial charge in [0.05, 0.1) is 18.9 Å². The van der Waals surface area contributed by atoms with Crippen LogP contribution < -0.4 is 14.2 Å². The lowest BCUT2D eigenvalue weighted by molar-refractivity contribution is -0.136. The largest absolute Gasteiger partial charge is 0.483 e. The van der Waals surface area contributed by atoms with Crippen LogP contribution in [0.5, 0.6) is 17.5 Å². The number of hydrogen-bond donors (Lipinski definition) is 0. The van der Waals surface area contributed by atoms with E-state index in [9.17, 15) is 9.18 Å². The number of carbonyl (C=O) groups excluding carboxylic acids is 1. The Kier molecular flexibility index (Phi) is 5.25. The van der Waals surface area contributed by atoms with E-state index in [4.69, 9.17) is 14.2 Å². The van der Waals surface area contributed by atoms with Crippen LogP contribution in [0.4, 0.5) is 4.39 Å². The zero-order valence-corrected chi connectivity index (χ0v) is 16.6. The molecule has 1 atom stereocenters. The molecule has 0 bridgehead atoms. The average molecular weight is 401 g/mol. The van der Waals surface area contributed by atoms with Crippen LogP contribution in [0.1, 0.15) is 32.3 Å². The minimum absolute atomic E-state index is 0.0694. The minimum atomic E-state index is -0.519. The highest BCUT2D eigenvalue weighted by atomic mass is 19.1. The standard InChI is InChI=1S/C21H24FN3O4/c1-21(2)9-14-5-3-7-17(19(14)29-21)27-13-18(26)25-8-4-6-16(12-25)28-20-23-10-15(22)11-24-20/h3,5,7,10-11,16H,4,6,8-9,12-13H2,1-2H3. The van der Waals surface area contributed by atoms with E-state index in [1.54, 1.807) is 4.90 Å². The first kappa shape index (κ1) is 19.4. The second-order valence-corrected chi connectivity index (χ2v) is 7.98. The first-order chi connectivity index (χ1) is 13.9. The summed E-state index contributed by atoms with van der Waals surface area (Å²) in [4.78, 5) is 22.0. The summed E-state index contributed by atoms with van der Waals surface area (Å²) in [7, 11) is 0. The Morgan fingerprint density at radius 1 is 1.34 bits per heavy atom. The molecule has 0 aliphatic carbocycles. The number of nitrogens with zero attached hydrogens (tertiary/aromatic N) is 3. The van der Waals surface area contributed by atoms with Crippen molar-refractivity contribution in [1.82, 2.24) is 14.9 Å². The molecule has 4 rings (SSSR count). The third kappa shape index (κ3) is 4.58. The average Bonchev–Trinajstić information content (AvgIpc) is 3.02. The topological polar surface area (TPSA) is 73.8 Å². The van der Waals surface area contributed by atoms with Crippen molar-refractivity contribution in [2.24, 2.45) is 0 Å². The maximum absolute atomic E-state index is 12.9. The third-order valence-electron chi connectivity index (χ3n) is 5.01. The summed E-state index contributed by atoms with van der Waals surface area (Å²) in [6.45, 7) is 5.05. The molecule has 29 heavy (non-hydrogen) atoms. The van der Waals surface area contributed by atoms with E-state index < -0.39 is 5.82 Å². The normalized spacial score (nSPS) is 20.0. The Morgan fingerprint density at radius 3 is 2.93 bits per heavy atom. The number of aromatic nitrogens is 2. The molecule has 1 aromatic carbocycles. The number of halogens is 1. The Hall–Kier alpha value is -2.90. The maximum Gasteiger partial charge on any atom is 0.316 e. The van der Waals surface area contributed by atoms with E-state index in [2.05, 4.69) is 9.97 Å². The van der Waals surface area contributed by atoms with E-state index in [0.717, 1.165) is 43.0 Å². The predicted octanol–water partition coefficient (Wildman–Crippen LogP) is 2.78. The van der Waals surface area contributed by atoms with E-state index in [1.807, 2.05) is 32.0 Å². The highest BCUT2D eigenvalue weighted by Gasteiger charge is 2.33. The lowest BCUT2D eigenvalue weighted by Gasteiger charge is -2.32. The molecular formula is C21H24FN3O4. The van der Waals surface area contributed by atoms with Crippen LogP contribution in [0.2, 0.25) is 0 Å². The molecule has 2 aliphatic heterocycles. The third-order valence-corrected chi connectivity index (χ3v) is 5.01. The van der Waals surface area contributed by atoms with Gasteiger partial charge in [-0.15, -0.1) is 0 Å². The van der Waals surface area contributed by atoms with Crippen molar-refractivity contribution < 1.29 is 23.4 Å². The summed E-state index contributed by atoms with van der Waals surface area (Å²) in [5, 5.41) is 0. The van der Waals surface area contributed by atoms with E-state index in [1.165, 1.54) is 0 Å². The molecule has 0 saturated carbocycles. The van der Waals surface area contributed by atoms with Crippen LogP contribution in [0.25, 0.3) is 0 Å². The van der Waals surface area contributed by atoms with E-state index in [-0.39, 0.29) is 30.2 Å². The molecule has 0 radical (unpaired) electrons. The molecule has 1 unspecified atom stereocenters. The van der Waals surface area contributed by atoms with Gasteiger partial charge in [0.1, 0.15) is 11.7 Å². The molecule has 2 aliphatic rings. The van der Waals surface area contributed by atoms with Crippen molar-refractivity contribution in [2.45, 2.75) is 44.8 Å². The molecule has 154 valence electrons. The number of piperidine rings is 1. The van der Waals surface area contributed by atoms with Crippen LogP contribution in [0.15, 0.2) is 30.6 Å². The van der Waals surface area contributed by atoms with Gasteiger partial charge in [0.25, 0.3) is 5.91 Å². The second kappa shape index (κ2) is 7.85. The molecule has 1 aromatic heterocycles. The van der Waals surface area contributed by atoms with Crippen LogP contribution >= 0.6 is 0 Å². The zero-order valence-electron chi connectivity index (χ0n) is 16.6. The number of para-hydroxylation sites is 1. The Balaban J connectivity index is 1.33. The first-order valence-corrected chi connectivity index (χ1v) is 9.75. The van der Waals surface area contributed by atoms with Gasteiger partial charge in [-0.25, -0.2) is 14.4 Å². The smallest absolute Gasteiger partial charge is 0.316 e. The van der Waals surface area contributed by atoms with Crippen LogP contribution in [-0.2, 0) is 11.2 Å². The molecule has 2 aromatic rings. The van der Waals surface area contributed by atoms with Gasteiger partial charge in [-0.2, -0.15) is 0 Å². The first-order valence-electron chi connectivity index (χ1n) is 9.75. The van der Waals surface area contributed by atoms with Gasteiger partial charge in [0.2, 0.25) is 0 Å². The SMILES string of the molecule is CC1(C)Cc2cccc(OCC(=O)N3CCCC(Oc4ncc(F)cn4)C3)c2O1. The van der Waals surface area contributed by atoms with Crippen molar-refractivity contribution >= 4 is 5.91 Å². The Morgan fingerprint density at radius 2 is 2.14 bits per heavy atom.